The van der Waals surface area contributed by atoms with Gasteiger partial charge in [-0.2, -0.15) is 5.10 Å². The number of nitrogens with zero attached hydrogens (tertiary/aromatic N) is 2. The highest BCUT2D eigenvalue weighted by Crippen LogP contribution is 2.03. The minimum atomic E-state index is 0.396. The van der Waals surface area contributed by atoms with Crippen LogP contribution in [-0.2, 0) is 16.1 Å². The first kappa shape index (κ1) is 11.4. The van der Waals surface area contributed by atoms with E-state index in [0.29, 0.717) is 25.0 Å². The van der Waals surface area contributed by atoms with Crippen molar-refractivity contribution in [1.29, 1.82) is 0 Å². The van der Waals surface area contributed by atoms with Gasteiger partial charge in [-0.05, 0) is 18.6 Å². The fourth-order valence-corrected chi connectivity index (χ4v) is 1.00. The Morgan fingerprint density at radius 3 is 2.79 bits per heavy atom. The molecule has 0 saturated heterocycles. The number of hydrogen-bond acceptors (Lipinski definition) is 4. The van der Waals surface area contributed by atoms with Crippen LogP contribution in [0.5, 0.6) is 0 Å². The number of ether oxygens (including phenoxy) is 2. The molecular weight excluding hydrogens is 204 g/mol. The molecule has 0 radical (unpaired) electrons. The van der Waals surface area contributed by atoms with Crippen LogP contribution >= 0.6 is 11.6 Å². The molecule has 4 nitrogen and oxygen atoms in total. The van der Waals surface area contributed by atoms with E-state index < -0.39 is 0 Å². The van der Waals surface area contributed by atoms with Crippen LogP contribution in [0.3, 0.4) is 0 Å². The summed E-state index contributed by atoms with van der Waals surface area (Å²) in [5.41, 5.74) is 0.784. The Morgan fingerprint density at radius 2 is 2.14 bits per heavy atom. The van der Waals surface area contributed by atoms with Gasteiger partial charge < -0.3 is 9.47 Å². The zero-order chi connectivity index (χ0) is 10.2. The van der Waals surface area contributed by atoms with Crippen molar-refractivity contribution in [2.75, 3.05) is 20.3 Å². The summed E-state index contributed by atoms with van der Waals surface area (Å²) in [6, 6.07) is 3.49. The second-order valence-electron chi connectivity index (χ2n) is 2.75. The summed E-state index contributed by atoms with van der Waals surface area (Å²) in [6.07, 6.45) is 0.886. The lowest BCUT2D eigenvalue weighted by Crippen LogP contribution is -2.01. The van der Waals surface area contributed by atoms with Gasteiger partial charge in [0.2, 0.25) is 0 Å². The second kappa shape index (κ2) is 6.70. The molecule has 14 heavy (non-hydrogen) atoms. The molecule has 0 N–H and O–H groups in total. The Balaban J connectivity index is 2.15. The van der Waals surface area contributed by atoms with Crippen LogP contribution in [0.15, 0.2) is 12.1 Å². The van der Waals surface area contributed by atoms with Gasteiger partial charge in [0, 0.05) is 20.3 Å². The van der Waals surface area contributed by atoms with E-state index in [4.69, 9.17) is 21.1 Å². The maximum atomic E-state index is 5.58. The summed E-state index contributed by atoms with van der Waals surface area (Å²) >= 11 is 5.58. The Kier molecular flexibility index (Phi) is 5.44. The van der Waals surface area contributed by atoms with Crippen LogP contribution in [0.25, 0.3) is 0 Å². The molecule has 78 valence electrons. The maximum absolute atomic E-state index is 5.58. The van der Waals surface area contributed by atoms with Crippen molar-refractivity contribution in [3.05, 3.63) is 23.0 Å². The van der Waals surface area contributed by atoms with Crippen LogP contribution in [0, 0.1) is 0 Å². The topological polar surface area (TPSA) is 44.2 Å². The van der Waals surface area contributed by atoms with E-state index in [-0.39, 0.29) is 0 Å². The molecule has 1 heterocycles. The Labute approximate surface area is 88.2 Å². The molecular formula is C9H13ClN2O2. The molecule has 0 amide bonds. The molecule has 0 aliphatic carbocycles. The number of aromatic nitrogens is 2. The lowest BCUT2D eigenvalue weighted by atomic mass is 10.4. The summed E-state index contributed by atoms with van der Waals surface area (Å²) in [4.78, 5) is 0. The van der Waals surface area contributed by atoms with E-state index in [0.717, 1.165) is 12.1 Å². The number of rotatable bonds is 6. The average Bonchev–Trinajstić information content (AvgIpc) is 2.21. The fourth-order valence-electron chi connectivity index (χ4n) is 0.903. The highest BCUT2D eigenvalue weighted by Gasteiger charge is 1.96. The normalized spacial score (nSPS) is 10.4. The smallest absolute Gasteiger partial charge is 0.151 e. The highest BCUT2D eigenvalue weighted by atomic mass is 35.5. The van der Waals surface area contributed by atoms with Gasteiger partial charge in [-0.3, -0.25) is 0 Å². The summed E-state index contributed by atoms with van der Waals surface area (Å²) < 4.78 is 10.2. The van der Waals surface area contributed by atoms with E-state index in [2.05, 4.69) is 10.2 Å². The van der Waals surface area contributed by atoms with Crippen molar-refractivity contribution >= 4 is 11.6 Å². The lowest BCUT2D eigenvalue weighted by molar-refractivity contribution is 0.0906. The van der Waals surface area contributed by atoms with Crippen molar-refractivity contribution in [3.63, 3.8) is 0 Å². The zero-order valence-electron chi connectivity index (χ0n) is 8.07. The summed E-state index contributed by atoms with van der Waals surface area (Å²) in [5, 5.41) is 7.96. The molecule has 0 unspecified atom stereocenters. The first-order chi connectivity index (χ1) is 6.83. The zero-order valence-corrected chi connectivity index (χ0v) is 8.83. The molecule has 5 heteroatoms. The third-order valence-corrected chi connectivity index (χ3v) is 1.78. The van der Waals surface area contributed by atoms with Crippen molar-refractivity contribution in [2.24, 2.45) is 0 Å². The first-order valence-electron chi connectivity index (χ1n) is 4.37. The predicted molar refractivity (Wildman–Crippen MR) is 53.2 cm³/mol. The second-order valence-corrected chi connectivity index (χ2v) is 3.13. The Morgan fingerprint density at radius 1 is 1.29 bits per heavy atom. The molecule has 0 bridgehead atoms. The van der Waals surface area contributed by atoms with Crippen molar-refractivity contribution in [2.45, 2.75) is 13.0 Å². The van der Waals surface area contributed by atoms with Crippen LogP contribution in [-0.4, -0.2) is 30.5 Å². The van der Waals surface area contributed by atoms with Gasteiger partial charge in [-0.25, -0.2) is 0 Å². The Bertz CT molecular complexity index is 253. The van der Waals surface area contributed by atoms with Crippen LogP contribution in [0.1, 0.15) is 12.1 Å². The molecule has 0 atom stereocenters. The highest BCUT2D eigenvalue weighted by molar-refractivity contribution is 6.29. The predicted octanol–water partition coefficient (Wildman–Crippen LogP) is 1.68. The molecule has 0 aliphatic heterocycles. The van der Waals surface area contributed by atoms with Gasteiger partial charge in [0.15, 0.2) is 5.15 Å². The van der Waals surface area contributed by atoms with E-state index in [1.165, 1.54) is 0 Å². The molecule has 1 aromatic rings. The van der Waals surface area contributed by atoms with Crippen molar-refractivity contribution in [3.8, 4) is 0 Å². The van der Waals surface area contributed by atoms with Gasteiger partial charge >= 0.3 is 0 Å². The summed E-state index contributed by atoms with van der Waals surface area (Å²) in [7, 11) is 1.67. The maximum Gasteiger partial charge on any atom is 0.151 e. The molecule has 0 spiro atoms. The van der Waals surface area contributed by atoms with Crippen LogP contribution < -0.4 is 0 Å². The van der Waals surface area contributed by atoms with Gasteiger partial charge in [0.05, 0.1) is 12.3 Å². The summed E-state index contributed by atoms with van der Waals surface area (Å²) in [6.45, 7) is 1.85. The minimum absolute atomic E-state index is 0.396. The van der Waals surface area contributed by atoms with Gasteiger partial charge in [0.25, 0.3) is 0 Å². The standard InChI is InChI=1S/C9H13ClN2O2/c1-13-5-2-6-14-7-8-3-4-9(10)12-11-8/h3-4H,2,5-7H2,1H3. The Hall–Kier alpha value is -0.710. The van der Waals surface area contributed by atoms with E-state index in [9.17, 15) is 0 Å². The third kappa shape index (κ3) is 4.50. The van der Waals surface area contributed by atoms with E-state index >= 15 is 0 Å². The molecule has 1 aromatic heterocycles. The molecule has 0 aliphatic rings. The van der Waals surface area contributed by atoms with E-state index in [1.54, 1.807) is 19.2 Å². The third-order valence-electron chi connectivity index (χ3n) is 1.57. The molecule has 0 fully saturated rings. The first-order valence-corrected chi connectivity index (χ1v) is 4.75. The molecule has 1 rings (SSSR count). The largest absolute Gasteiger partial charge is 0.385 e. The van der Waals surface area contributed by atoms with Gasteiger partial charge in [0.1, 0.15) is 0 Å². The number of halogens is 1. The lowest BCUT2D eigenvalue weighted by Gasteiger charge is -2.02. The number of hydrogen-bond donors (Lipinski definition) is 0. The average molecular weight is 217 g/mol. The van der Waals surface area contributed by atoms with Gasteiger partial charge in [-0.15, -0.1) is 5.10 Å². The fraction of sp³-hybridized carbons (Fsp3) is 0.556. The molecule has 0 aromatic carbocycles. The van der Waals surface area contributed by atoms with Crippen molar-refractivity contribution < 1.29 is 9.47 Å². The van der Waals surface area contributed by atoms with Crippen LogP contribution in [0.2, 0.25) is 5.15 Å². The minimum Gasteiger partial charge on any atom is -0.385 e. The molecule has 0 saturated carbocycles. The van der Waals surface area contributed by atoms with E-state index in [1.807, 2.05) is 0 Å². The van der Waals surface area contributed by atoms with Crippen molar-refractivity contribution in [1.82, 2.24) is 10.2 Å². The summed E-state index contributed by atoms with van der Waals surface area (Å²) in [5.74, 6) is 0. The number of methoxy groups -OCH3 is 1. The quantitative estimate of drug-likeness (QED) is 0.679. The monoisotopic (exact) mass is 216 g/mol. The SMILES string of the molecule is COCCCOCc1ccc(Cl)nn1. The van der Waals surface area contributed by atoms with Gasteiger partial charge in [-0.1, -0.05) is 11.6 Å². The van der Waals surface area contributed by atoms with Crippen LogP contribution in [0.4, 0.5) is 0 Å².